The summed E-state index contributed by atoms with van der Waals surface area (Å²) in [6.45, 7) is 15.9. The van der Waals surface area contributed by atoms with Crippen molar-refractivity contribution >= 4 is 0 Å². The number of hydrogen-bond donors (Lipinski definition) is 1. The normalized spacial score (nSPS) is 11.9. The van der Waals surface area contributed by atoms with Crippen LogP contribution in [0.25, 0.3) is 0 Å². The summed E-state index contributed by atoms with van der Waals surface area (Å²) in [4.78, 5) is 0. The monoisotopic (exact) mass is 263 g/mol. The largest absolute Gasteiger partial charge is 0.493 e. The molecule has 19 heavy (non-hydrogen) atoms. The van der Waals surface area contributed by atoms with E-state index in [0.29, 0.717) is 5.92 Å². The second-order valence-electron chi connectivity index (χ2n) is 6.75. The molecule has 1 rings (SSSR count). The van der Waals surface area contributed by atoms with Gasteiger partial charge in [-0.25, -0.2) is 0 Å². The van der Waals surface area contributed by atoms with Crippen LogP contribution in [0.3, 0.4) is 0 Å². The van der Waals surface area contributed by atoms with Crippen molar-refractivity contribution in [2.24, 2.45) is 11.3 Å². The molecule has 0 fully saturated rings. The molecule has 0 aliphatic carbocycles. The minimum Gasteiger partial charge on any atom is -0.493 e. The van der Waals surface area contributed by atoms with E-state index < -0.39 is 0 Å². The molecular formula is C17H29NO. The summed E-state index contributed by atoms with van der Waals surface area (Å²) in [6, 6.07) is 6.36. The smallest absolute Gasteiger partial charge is 0.122 e. The second kappa shape index (κ2) is 6.95. The van der Waals surface area contributed by atoms with Crippen molar-refractivity contribution in [3.8, 4) is 5.75 Å². The highest BCUT2D eigenvalue weighted by Gasteiger charge is 2.19. The molecule has 1 N–H and O–H groups in total. The Kier molecular flexibility index (Phi) is 5.86. The number of ether oxygens (including phenoxy) is 1. The third kappa shape index (κ3) is 6.11. The summed E-state index contributed by atoms with van der Waals surface area (Å²) < 4.78 is 6.00. The van der Waals surface area contributed by atoms with Gasteiger partial charge in [-0.2, -0.15) is 0 Å². The van der Waals surface area contributed by atoms with E-state index in [2.05, 4.69) is 65.1 Å². The molecule has 1 aromatic rings. The maximum atomic E-state index is 6.00. The van der Waals surface area contributed by atoms with Crippen LogP contribution in [0.1, 0.15) is 38.8 Å². The van der Waals surface area contributed by atoms with Gasteiger partial charge in [-0.3, -0.25) is 0 Å². The van der Waals surface area contributed by atoms with Crippen LogP contribution in [0.4, 0.5) is 0 Å². The average molecular weight is 263 g/mol. The van der Waals surface area contributed by atoms with Gasteiger partial charge in [0.1, 0.15) is 5.75 Å². The molecule has 0 aromatic heterocycles. The third-order valence-electron chi connectivity index (χ3n) is 3.12. The standard InChI is InChI=1S/C17H29NO/c1-13(2)10-18-11-17(5,6)12-19-16-9-14(3)7-8-15(16)4/h7-9,13,18H,10-12H2,1-6H3. The maximum Gasteiger partial charge on any atom is 0.122 e. The molecular weight excluding hydrogens is 234 g/mol. The van der Waals surface area contributed by atoms with Gasteiger partial charge < -0.3 is 10.1 Å². The molecule has 0 spiro atoms. The fourth-order valence-corrected chi connectivity index (χ4v) is 1.89. The Morgan fingerprint density at radius 1 is 1.21 bits per heavy atom. The van der Waals surface area contributed by atoms with Gasteiger partial charge in [0.2, 0.25) is 0 Å². The number of benzene rings is 1. The van der Waals surface area contributed by atoms with Crippen molar-refractivity contribution in [1.82, 2.24) is 5.32 Å². The molecule has 0 atom stereocenters. The lowest BCUT2D eigenvalue weighted by atomic mass is 9.94. The van der Waals surface area contributed by atoms with Crippen LogP contribution in [-0.4, -0.2) is 19.7 Å². The zero-order valence-corrected chi connectivity index (χ0v) is 13.3. The Bertz CT molecular complexity index is 396. The summed E-state index contributed by atoms with van der Waals surface area (Å²) in [5.74, 6) is 1.70. The van der Waals surface area contributed by atoms with Crippen LogP contribution in [0.5, 0.6) is 5.75 Å². The maximum absolute atomic E-state index is 6.00. The molecule has 0 amide bonds. The molecule has 0 bridgehead atoms. The van der Waals surface area contributed by atoms with Gasteiger partial charge in [0.15, 0.2) is 0 Å². The molecule has 0 saturated heterocycles. The number of aryl methyl sites for hydroxylation is 2. The summed E-state index contributed by atoms with van der Waals surface area (Å²) in [6.07, 6.45) is 0. The Balaban J connectivity index is 2.47. The quantitative estimate of drug-likeness (QED) is 0.804. The van der Waals surface area contributed by atoms with Gasteiger partial charge >= 0.3 is 0 Å². The van der Waals surface area contributed by atoms with Crippen molar-refractivity contribution in [3.63, 3.8) is 0 Å². The van der Waals surface area contributed by atoms with Gasteiger partial charge in [0, 0.05) is 12.0 Å². The molecule has 0 saturated carbocycles. The van der Waals surface area contributed by atoms with Crippen LogP contribution >= 0.6 is 0 Å². The fourth-order valence-electron chi connectivity index (χ4n) is 1.89. The molecule has 0 aliphatic heterocycles. The molecule has 0 unspecified atom stereocenters. The number of nitrogens with one attached hydrogen (secondary N) is 1. The highest BCUT2D eigenvalue weighted by Crippen LogP contribution is 2.22. The first kappa shape index (κ1) is 16.0. The van der Waals surface area contributed by atoms with E-state index in [1.807, 2.05) is 0 Å². The van der Waals surface area contributed by atoms with E-state index in [1.165, 1.54) is 11.1 Å². The first-order valence-electron chi connectivity index (χ1n) is 7.21. The predicted octanol–water partition coefficient (Wildman–Crippen LogP) is 3.95. The van der Waals surface area contributed by atoms with Crippen molar-refractivity contribution < 1.29 is 4.74 Å². The highest BCUT2D eigenvalue weighted by molar-refractivity contribution is 5.35. The van der Waals surface area contributed by atoms with Crippen molar-refractivity contribution in [1.29, 1.82) is 0 Å². The number of rotatable bonds is 7. The molecule has 2 heteroatoms. The van der Waals surface area contributed by atoms with Crippen molar-refractivity contribution in [2.75, 3.05) is 19.7 Å². The lowest BCUT2D eigenvalue weighted by molar-refractivity contribution is 0.174. The molecule has 0 aliphatic rings. The van der Waals surface area contributed by atoms with Crippen molar-refractivity contribution in [2.45, 2.75) is 41.5 Å². The van der Waals surface area contributed by atoms with E-state index in [1.54, 1.807) is 0 Å². The Labute approximate surface area is 118 Å². The predicted molar refractivity (Wildman–Crippen MR) is 82.9 cm³/mol. The lowest BCUT2D eigenvalue weighted by Gasteiger charge is -2.26. The van der Waals surface area contributed by atoms with E-state index in [4.69, 9.17) is 4.74 Å². The van der Waals surface area contributed by atoms with Gasteiger partial charge in [-0.15, -0.1) is 0 Å². The Hall–Kier alpha value is -1.02. The van der Waals surface area contributed by atoms with E-state index >= 15 is 0 Å². The molecule has 0 radical (unpaired) electrons. The molecule has 1 aromatic carbocycles. The van der Waals surface area contributed by atoms with Crippen LogP contribution in [-0.2, 0) is 0 Å². The first-order valence-corrected chi connectivity index (χ1v) is 7.21. The average Bonchev–Trinajstić information content (AvgIpc) is 2.30. The van der Waals surface area contributed by atoms with E-state index in [0.717, 1.165) is 25.4 Å². The minimum atomic E-state index is 0.144. The van der Waals surface area contributed by atoms with Crippen LogP contribution in [0.2, 0.25) is 0 Å². The van der Waals surface area contributed by atoms with Crippen LogP contribution in [0.15, 0.2) is 18.2 Å². The molecule has 0 heterocycles. The molecule has 2 nitrogen and oxygen atoms in total. The highest BCUT2D eigenvalue weighted by atomic mass is 16.5. The summed E-state index contributed by atoms with van der Waals surface area (Å²) in [5.41, 5.74) is 2.60. The van der Waals surface area contributed by atoms with E-state index in [-0.39, 0.29) is 5.41 Å². The minimum absolute atomic E-state index is 0.144. The van der Waals surface area contributed by atoms with E-state index in [9.17, 15) is 0 Å². The lowest BCUT2D eigenvalue weighted by Crippen LogP contribution is -2.35. The fraction of sp³-hybridized carbons (Fsp3) is 0.647. The van der Waals surface area contributed by atoms with Gasteiger partial charge in [0.25, 0.3) is 0 Å². The van der Waals surface area contributed by atoms with Gasteiger partial charge in [-0.1, -0.05) is 39.8 Å². The SMILES string of the molecule is Cc1ccc(C)c(OCC(C)(C)CNCC(C)C)c1. The Morgan fingerprint density at radius 2 is 1.89 bits per heavy atom. The second-order valence-corrected chi connectivity index (χ2v) is 6.75. The van der Waals surface area contributed by atoms with Gasteiger partial charge in [0.05, 0.1) is 6.61 Å². The zero-order valence-electron chi connectivity index (χ0n) is 13.3. The summed E-state index contributed by atoms with van der Waals surface area (Å²) >= 11 is 0. The van der Waals surface area contributed by atoms with Gasteiger partial charge in [-0.05, 0) is 43.5 Å². The topological polar surface area (TPSA) is 21.3 Å². The third-order valence-corrected chi connectivity index (χ3v) is 3.12. The van der Waals surface area contributed by atoms with Crippen molar-refractivity contribution in [3.05, 3.63) is 29.3 Å². The van der Waals surface area contributed by atoms with Crippen LogP contribution < -0.4 is 10.1 Å². The zero-order chi connectivity index (χ0) is 14.5. The number of hydrogen-bond acceptors (Lipinski definition) is 2. The first-order chi connectivity index (χ1) is 8.80. The summed E-state index contributed by atoms with van der Waals surface area (Å²) in [5, 5.41) is 3.51. The Morgan fingerprint density at radius 3 is 2.53 bits per heavy atom. The molecule has 108 valence electrons. The summed E-state index contributed by atoms with van der Waals surface area (Å²) in [7, 11) is 0. The van der Waals surface area contributed by atoms with Crippen LogP contribution in [0, 0.1) is 25.2 Å².